The monoisotopic (exact) mass is 818 g/mol. The standard InChI is InChI=1S/C50H67N5O5/c1-3-5-7-9-17-27-51-45-33-55(34-46(45)60-28-18-10-8-6-4-2)50(59)38-25-23-37(24-26-38)49(58)54-31-41(47(56)52-43-29-39(43)35-19-13-11-14-20-35)42(32-54)48(57)53-44-30-40(44)36-21-15-12-16-22-36/h11-16,19-26,39-46,51H,3-10,17-18,27-34H2,1-2H3,(H,52,56)(H,53,57)/t39-,40-,41-,42-,43+,44+,45+,46+/m1/s1. The summed E-state index contributed by atoms with van der Waals surface area (Å²) in [4.78, 5) is 59.3. The summed E-state index contributed by atoms with van der Waals surface area (Å²) in [7, 11) is 0. The van der Waals surface area contributed by atoms with E-state index < -0.39 is 11.8 Å². The van der Waals surface area contributed by atoms with Gasteiger partial charge in [-0.2, -0.15) is 0 Å². The molecule has 7 rings (SSSR count). The molecule has 0 spiro atoms. The highest BCUT2D eigenvalue weighted by Gasteiger charge is 2.49. The number of nitrogens with one attached hydrogen (secondary N) is 3. The van der Waals surface area contributed by atoms with Crippen molar-refractivity contribution in [3.8, 4) is 0 Å². The molecule has 0 unspecified atom stereocenters. The highest BCUT2D eigenvalue weighted by Crippen LogP contribution is 2.42. The molecule has 10 nitrogen and oxygen atoms in total. The Morgan fingerprint density at radius 3 is 1.52 bits per heavy atom. The zero-order valence-electron chi connectivity index (χ0n) is 35.9. The average Bonchev–Trinajstić information content (AvgIpc) is 4.13. The van der Waals surface area contributed by atoms with Gasteiger partial charge >= 0.3 is 0 Å². The van der Waals surface area contributed by atoms with Crippen LogP contribution in [0, 0.1) is 11.8 Å². The number of hydrogen-bond acceptors (Lipinski definition) is 6. The fourth-order valence-corrected chi connectivity index (χ4v) is 9.31. The lowest BCUT2D eigenvalue weighted by Gasteiger charge is -2.20. The van der Waals surface area contributed by atoms with Crippen LogP contribution < -0.4 is 16.0 Å². The predicted octanol–water partition coefficient (Wildman–Crippen LogP) is 7.46. The molecule has 4 fully saturated rings. The van der Waals surface area contributed by atoms with Gasteiger partial charge in [0, 0.05) is 67.8 Å². The fourth-order valence-electron chi connectivity index (χ4n) is 9.31. The Morgan fingerprint density at radius 2 is 1.02 bits per heavy atom. The molecular weight excluding hydrogens is 751 g/mol. The summed E-state index contributed by atoms with van der Waals surface area (Å²) in [5.41, 5.74) is 3.34. The zero-order valence-corrected chi connectivity index (χ0v) is 35.9. The van der Waals surface area contributed by atoms with Gasteiger partial charge in [-0.05, 0) is 67.6 Å². The van der Waals surface area contributed by atoms with Crippen LogP contribution >= 0.6 is 0 Å². The van der Waals surface area contributed by atoms with E-state index in [1.807, 2.05) is 41.3 Å². The molecule has 2 heterocycles. The Morgan fingerprint density at radius 1 is 0.550 bits per heavy atom. The van der Waals surface area contributed by atoms with Gasteiger partial charge < -0.3 is 30.5 Å². The summed E-state index contributed by atoms with van der Waals surface area (Å²) in [6.45, 7) is 7.48. The first-order chi connectivity index (χ1) is 29.3. The fraction of sp³-hybridized carbons (Fsp3) is 0.560. The van der Waals surface area contributed by atoms with Crippen molar-refractivity contribution >= 4 is 23.6 Å². The third-order valence-corrected chi connectivity index (χ3v) is 13.2. The van der Waals surface area contributed by atoms with Gasteiger partial charge in [0.15, 0.2) is 0 Å². The molecule has 2 aliphatic carbocycles. The minimum atomic E-state index is -0.666. The van der Waals surface area contributed by atoms with Crippen molar-refractivity contribution in [2.24, 2.45) is 11.8 Å². The number of carbonyl (C=O) groups excluding carboxylic acids is 4. The maximum absolute atomic E-state index is 14.1. The van der Waals surface area contributed by atoms with E-state index in [0.29, 0.717) is 30.8 Å². The van der Waals surface area contributed by atoms with E-state index in [2.05, 4.69) is 54.1 Å². The Balaban J connectivity index is 0.968. The second-order valence-electron chi connectivity index (χ2n) is 17.7. The number of likely N-dealkylation sites (tertiary alicyclic amines) is 2. The molecular formula is C50H67N5O5. The van der Waals surface area contributed by atoms with E-state index in [0.717, 1.165) is 38.6 Å². The van der Waals surface area contributed by atoms with Crippen molar-refractivity contribution in [3.63, 3.8) is 0 Å². The van der Waals surface area contributed by atoms with E-state index in [1.54, 1.807) is 29.2 Å². The van der Waals surface area contributed by atoms with Gasteiger partial charge in [-0.1, -0.05) is 126 Å². The largest absolute Gasteiger partial charge is 0.375 e. The molecule has 3 aromatic rings. The molecule has 2 saturated carbocycles. The predicted molar refractivity (Wildman–Crippen MR) is 236 cm³/mol. The van der Waals surface area contributed by atoms with Crippen molar-refractivity contribution in [1.29, 1.82) is 0 Å². The highest BCUT2D eigenvalue weighted by atomic mass is 16.5. The number of nitrogens with zero attached hydrogens (tertiary/aromatic N) is 2. The molecule has 4 aliphatic rings. The molecule has 3 aromatic carbocycles. The van der Waals surface area contributed by atoms with Crippen LogP contribution in [0.4, 0.5) is 0 Å². The van der Waals surface area contributed by atoms with E-state index in [9.17, 15) is 19.2 Å². The molecule has 2 saturated heterocycles. The van der Waals surface area contributed by atoms with Crippen molar-refractivity contribution in [3.05, 3.63) is 107 Å². The van der Waals surface area contributed by atoms with E-state index >= 15 is 0 Å². The first kappa shape index (κ1) is 43.5. The number of carbonyl (C=O) groups is 4. The van der Waals surface area contributed by atoms with E-state index in [1.165, 1.54) is 56.1 Å². The summed E-state index contributed by atoms with van der Waals surface area (Å²) < 4.78 is 6.40. The molecule has 60 heavy (non-hydrogen) atoms. The zero-order chi connectivity index (χ0) is 41.8. The maximum Gasteiger partial charge on any atom is 0.253 e. The first-order valence-electron chi connectivity index (χ1n) is 23.1. The van der Waals surface area contributed by atoms with Gasteiger partial charge in [-0.25, -0.2) is 0 Å². The normalized spacial score (nSPS) is 25.6. The smallest absolute Gasteiger partial charge is 0.253 e. The third kappa shape index (κ3) is 11.4. The minimum Gasteiger partial charge on any atom is -0.375 e. The van der Waals surface area contributed by atoms with Crippen LogP contribution in [-0.4, -0.2) is 97.0 Å². The Bertz CT molecular complexity index is 1760. The number of ether oxygens (including phenoxy) is 1. The summed E-state index contributed by atoms with van der Waals surface area (Å²) in [6, 6.07) is 27.3. The highest BCUT2D eigenvalue weighted by molar-refractivity contribution is 5.99. The second kappa shape index (κ2) is 21.3. The number of benzene rings is 3. The SMILES string of the molecule is CCCCCCCN[C@H]1CN(C(=O)c2ccc(C(=O)N3C[C@@H](C(=O)N[C@H]4C[C@@H]4c4ccccc4)[C@H](C(=O)N[C@H]4C[C@@H]4c4ccccc4)C3)cc2)C[C@@H]1OCCCCCCC. The molecule has 322 valence electrons. The Kier molecular flexibility index (Phi) is 15.5. The minimum absolute atomic E-state index is 0.0129. The molecule has 0 bridgehead atoms. The first-order valence-corrected chi connectivity index (χ1v) is 23.1. The van der Waals surface area contributed by atoms with Crippen molar-refractivity contribution in [1.82, 2.24) is 25.8 Å². The van der Waals surface area contributed by atoms with Crippen LogP contribution in [0.5, 0.6) is 0 Å². The van der Waals surface area contributed by atoms with Crippen LogP contribution in [0.1, 0.15) is 135 Å². The van der Waals surface area contributed by atoms with Crippen molar-refractivity contribution in [2.45, 2.75) is 127 Å². The van der Waals surface area contributed by atoms with Crippen molar-refractivity contribution < 1.29 is 23.9 Å². The number of rotatable bonds is 22. The van der Waals surface area contributed by atoms with Gasteiger partial charge in [0.25, 0.3) is 11.8 Å². The van der Waals surface area contributed by atoms with Crippen LogP contribution in [0.15, 0.2) is 84.9 Å². The quantitative estimate of drug-likeness (QED) is 0.0907. The summed E-state index contributed by atoms with van der Waals surface area (Å²) in [5, 5.41) is 10.1. The van der Waals surface area contributed by atoms with Gasteiger partial charge in [0.2, 0.25) is 11.8 Å². The number of unbranched alkanes of at least 4 members (excludes halogenated alkanes) is 8. The summed E-state index contributed by atoms with van der Waals surface area (Å²) in [6.07, 6.45) is 13.6. The lowest BCUT2D eigenvalue weighted by molar-refractivity contribution is -0.133. The Labute approximate surface area is 357 Å². The van der Waals surface area contributed by atoms with Crippen LogP contribution in [0.3, 0.4) is 0 Å². The molecule has 10 heteroatoms. The molecule has 4 amide bonds. The van der Waals surface area contributed by atoms with E-state index in [-0.39, 0.29) is 72.8 Å². The lowest BCUT2D eigenvalue weighted by Crippen LogP contribution is -2.43. The van der Waals surface area contributed by atoms with Crippen LogP contribution in [-0.2, 0) is 14.3 Å². The Hall–Kier alpha value is -4.54. The van der Waals surface area contributed by atoms with Crippen molar-refractivity contribution in [2.75, 3.05) is 39.3 Å². The van der Waals surface area contributed by atoms with Gasteiger partial charge in [0.05, 0.1) is 24.0 Å². The van der Waals surface area contributed by atoms with Gasteiger partial charge in [-0.15, -0.1) is 0 Å². The maximum atomic E-state index is 14.1. The molecule has 0 aromatic heterocycles. The lowest BCUT2D eigenvalue weighted by atomic mass is 9.94. The average molecular weight is 818 g/mol. The number of hydrogen-bond donors (Lipinski definition) is 3. The molecule has 0 radical (unpaired) electrons. The second-order valence-corrected chi connectivity index (χ2v) is 17.7. The molecule has 3 N–H and O–H groups in total. The third-order valence-electron chi connectivity index (χ3n) is 13.2. The van der Waals surface area contributed by atoms with Crippen LogP contribution in [0.2, 0.25) is 0 Å². The summed E-state index contributed by atoms with van der Waals surface area (Å²) in [5.74, 6) is -1.51. The van der Waals surface area contributed by atoms with Gasteiger partial charge in [-0.3, -0.25) is 19.2 Å². The van der Waals surface area contributed by atoms with E-state index in [4.69, 9.17) is 4.74 Å². The summed E-state index contributed by atoms with van der Waals surface area (Å²) >= 11 is 0. The molecule has 2 aliphatic heterocycles. The topological polar surface area (TPSA) is 120 Å². The van der Waals surface area contributed by atoms with Crippen LogP contribution in [0.25, 0.3) is 0 Å². The molecule has 8 atom stereocenters. The van der Waals surface area contributed by atoms with Gasteiger partial charge in [0.1, 0.15) is 0 Å². The number of amides is 4.